The molecular weight excluding hydrogens is 324 g/mol. The van der Waals surface area contributed by atoms with Crippen LogP contribution in [-0.2, 0) is 9.59 Å². The van der Waals surface area contributed by atoms with Gasteiger partial charge in [0.2, 0.25) is 11.8 Å². The van der Waals surface area contributed by atoms with Crippen LogP contribution in [0.4, 0.5) is 5.69 Å². The summed E-state index contributed by atoms with van der Waals surface area (Å²) < 4.78 is 0. The van der Waals surface area contributed by atoms with Gasteiger partial charge in [-0.15, -0.1) is 0 Å². The molecule has 1 fully saturated rings. The molecule has 1 N–H and O–H groups in total. The second-order valence-corrected chi connectivity index (χ2v) is 6.64. The summed E-state index contributed by atoms with van der Waals surface area (Å²) in [6, 6.07) is 17.5. The van der Waals surface area contributed by atoms with E-state index in [0.29, 0.717) is 25.9 Å². The molecule has 1 saturated heterocycles. The quantitative estimate of drug-likeness (QED) is 0.852. The van der Waals surface area contributed by atoms with E-state index in [2.05, 4.69) is 5.32 Å². The highest BCUT2D eigenvalue weighted by molar-refractivity contribution is 5.94. The second-order valence-electron chi connectivity index (χ2n) is 6.64. The van der Waals surface area contributed by atoms with Gasteiger partial charge in [-0.25, -0.2) is 0 Å². The lowest BCUT2D eigenvalue weighted by Crippen LogP contribution is -2.40. The highest BCUT2D eigenvalue weighted by Crippen LogP contribution is 2.20. The monoisotopic (exact) mass is 348 g/mol. The molecule has 0 aliphatic carbocycles. The summed E-state index contributed by atoms with van der Waals surface area (Å²) >= 11 is 0. The van der Waals surface area contributed by atoms with E-state index in [1.54, 1.807) is 6.08 Å². The molecule has 2 amide bonds. The zero-order valence-electron chi connectivity index (χ0n) is 15.0. The van der Waals surface area contributed by atoms with Crippen molar-refractivity contribution in [2.75, 3.05) is 18.4 Å². The largest absolute Gasteiger partial charge is 0.339 e. The van der Waals surface area contributed by atoms with Crippen LogP contribution in [0.5, 0.6) is 0 Å². The van der Waals surface area contributed by atoms with E-state index in [4.69, 9.17) is 0 Å². The van der Waals surface area contributed by atoms with Gasteiger partial charge in [0.15, 0.2) is 0 Å². The number of likely N-dealkylation sites (tertiary alicyclic amines) is 1. The fraction of sp³-hybridized carbons (Fsp3) is 0.273. The first-order valence-electron chi connectivity index (χ1n) is 9.02. The van der Waals surface area contributed by atoms with Gasteiger partial charge in [0.1, 0.15) is 0 Å². The molecule has 0 aromatic heterocycles. The van der Waals surface area contributed by atoms with E-state index in [-0.39, 0.29) is 17.7 Å². The Balaban J connectivity index is 1.51. The predicted molar refractivity (Wildman–Crippen MR) is 105 cm³/mol. The highest BCUT2D eigenvalue weighted by Gasteiger charge is 2.26. The van der Waals surface area contributed by atoms with E-state index in [1.807, 2.05) is 72.5 Å². The first-order chi connectivity index (χ1) is 12.6. The predicted octanol–water partition coefficient (Wildman–Crippen LogP) is 3.89. The molecule has 0 saturated carbocycles. The number of nitrogens with zero attached hydrogens (tertiary/aromatic N) is 1. The molecule has 2 aromatic rings. The van der Waals surface area contributed by atoms with E-state index >= 15 is 0 Å². The molecule has 0 spiro atoms. The van der Waals surface area contributed by atoms with E-state index in [1.165, 1.54) is 0 Å². The van der Waals surface area contributed by atoms with Gasteiger partial charge in [0.25, 0.3) is 0 Å². The smallest absolute Gasteiger partial charge is 0.246 e. The van der Waals surface area contributed by atoms with Crippen LogP contribution in [-0.4, -0.2) is 29.8 Å². The maximum absolute atomic E-state index is 12.4. The fourth-order valence-electron chi connectivity index (χ4n) is 3.17. The lowest BCUT2D eigenvalue weighted by atomic mass is 9.95. The topological polar surface area (TPSA) is 49.4 Å². The minimum atomic E-state index is -0.0420. The zero-order valence-corrected chi connectivity index (χ0v) is 15.0. The SMILES string of the molecule is Cc1ccccc1C=CC(=O)N1CCC(C(=O)Nc2ccccc2)CC1. The van der Waals surface area contributed by atoms with Crippen LogP contribution in [0.25, 0.3) is 6.08 Å². The molecule has 1 heterocycles. The first kappa shape index (κ1) is 17.9. The van der Waals surface area contributed by atoms with Crippen molar-refractivity contribution in [3.8, 4) is 0 Å². The third kappa shape index (κ3) is 4.60. The second kappa shape index (κ2) is 8.48. The molecule has 1 aliphatic heterocycles. The molecule has 134 valence electrons. The number of aryl methyl sites for hydroxylation is 1. The van der Waals surface area contributed by atoms with Crippen molar-refractivity contribution in [2.24, 2.45) is 5.92 Å². The number of para-hydroxylation sites is 1. The average Bonchev–Trinajstić information content (AvgIpc) is 2.68. The van der Waals surface area contributed by atoms with Crippen LogP contribution in [0.15, 0.2) is 60.7 Å². The number of rotatable bonds is 4. The molecule has 0 radical (unpaired) electrons. The Morgan fingerprint density at radius 1 is 1.00 bits per heavy atom. The molecule has 26 heavy (non-hydrogen) atoms. The molecular formula is C22H24N2O2. The molecule has 4 heteroatoms. The molecule has 2 aromatic carbocycles. The van der Waals surface area contributed by atoms with E-state index < -0.39 is 0 Å². The van der Waals surface area contributed by atoms with Crippen molar-refractivity contribution in [3.63, 3.8) is 0 Å². The zero-order chi connectivity index (χ0) is 18.4. The summed E-state index contributed by atoms with van der Waals surface area (Å²) in [4.78, 5) is 26.6. The van der Waals surface area contributed by atoms with Crippen LogP contribution in [0.3, 0.4) is 0 Å². The maximum Gasteiger partial charge on any atom is 0.246 e. The third-order valence-corrected chi connectivity index (χ3v) is 4.81. The third-order valence-electron chi connectivity index (χ3n) is 4.81. The van der Waals surface area contributed by atoms with E-state index in [9.17, 15) is 9.59 Å². The fourth-order valence-corrected chi connectivity index (χ4v) is 3.17. The molecule has 3 rings (SSSR count). The van der Waals surface area contributed by atoms with E-state index in [0.717, 1.165) is 16.8 Å². The van der Waals surface area contributed by atoms with Gasteiger partial charge in [-0.05, 0) is 49.1 Å². The number of hydrogen-bond acceptors (Lipinski definition) is 2. The van der Waals surface area contributed by atoms with Crippen molar-refractivity contribution in [1.82, 2.24) is 4.90 Å². The highest BCUT2D eigenvalue weighted by atomic mass is 16.2. The lowest BCUT2D eigenvalue weighted by Gasteiger charge is -2.30. The van der Waals surface area contributed by atoms with Crippen LogP contribution >= 0.6 is 0 Å². The standard InChI is InChI=1S/C22H24N2O2/c1-17-7-5-6-8-18(17)11-12-21(25)24-15-13-19(14-16-24)22(26)23-20-9-3-2-4-10-20/h2-12,19H,13-16H2,1H3,(H,23,26). The Kier molecular flexibility index (Phi) is 5.84. The Morgan fingerprint density at radius 2 is 1.65 bits per heavy atom. The number of carbonyl (C=O) groups is 2. The lowest BCUT2D eigenvalue weighted by molar-refractivity contribution is -0.130. The number of benzene rings is 2. The van der Waals surface area contributed by atoms with Crippen LogP contribution in [0.2, 0.25) is 0 Å². The number of piperidine rings is 1. The Hall–Kier alpha value is -2.88. The number of nitrogens with one attached hydrogen (secondary N) is 1. The summed E-state index contributed by atoms with van der Waals surface area (Å²) in [7, 11) is 0. The van der Waals surface area contributed by atoms with Gasteiger partial charge < -0.3 is 10.2 Å². The van der Waals surface area contributed by atoms with Crippen molar-refractivity contribution in [2.45, 2.75) is 19.8 Å². The van der Waals surface area contributed by atoms with Crippen LogP contribution in [0.1, 0.15) is 24.0 Å². The van der Waals surface area contributed by atoms with Gasteiger partial charge in [0.05, 0.1) is 0 Å². The summed E-state index contributed by atoms with van der Waals surface area (Å²) in [5.41, 5.74) is 3.02. The minimum absolute atomic E-state index is 0.00942. The molecule has 4 nitrogen and oxygen atoms in total. The molecule has 0 atom stereocenters. The van der Waals surface area contributed by atoms with Crippen LogP contribution < -0.4 is 5.32 Å². The number of hydrogen-bond donors (Lipinski definition) is 1. The Morgan fingerprint density at radius 3 is 2.35 bits per heavy atom. The van der Waals surface area contributed by atoms with Gasteiger partial charge >= 0.3 is 0 Å². The normalized spacial score (nSPS) is 15.2. The molecule has 1 aliphatic rings. The summed E-state index contributed by atoms with van der Waals surface area (Å²) in [5.74, 6) is 0.00789. The summed E-state index contributed by atoms with van der Waals surface area (Å²) in [6.45, 7) is 3.26. The number of amides is 2. The van der Waals surface area contributed by atoms with Gasteiger partial charge in [-0.1, -0.05) is 42.5 Å². The average molecular weight is 348 g/mol. The summed E-state index contributed by atoms with van der Waals surface area (Å²) in [6.07, 6.45) is 4.89. The Labute approximate surface area is 154 Å². The number of carbonyl (C=O) groups excluding carboxylic acids is 2. The summed E-state index contributed by atoms with van der Waals surface area (Å²) in [5, 5.41) is 2.95. The first-order valence-corrected chi connectivity index (χ1v) is 9.02. The minimum Gasteiger partial charge on any atom is -0.339 e. The van der Waals surface area contributed by atoms with Gasteiger partial charge in [-0.2, -0.15) is 0 Å². The van der Waals surface area contributed by atoms with Crippen molar-refractivity contribution in [3.05, 3.63) is 71.8 Å². The van der Waals surface area contributed by atoms with Crippen LogP contribution in [0, 0.1) is 12.8 Å². The van der Waals surface area contributed by atoms with Gasteiger partial charge in [0, 0.05) is 30.8 Å². The Bertz CT molecular complexity index is 791. The van der Waals surface area contributed by atoms with Crippen molar-refractivity contribution in [1.29, 1.82) is 0 Å². The maximum atomic E-state index is 12.4. The van der Waals surface area contributed by atoms with Crippen molar-refractivity contribution < 1.29 is 9.59 Å². The van der Waals surface area contributed by atoms with Gasteiger partial charge in [-0.3, -0.25) is 9.59 Å². The molecule has 0 bridgehead atoms. The number of anilines is 1. The van der Waals surface area contributed by atoms with Crippen molar-refractivity contribution >= 4 is 23.6 Å². The molecule has 0 unspecified atom stereocenters.